The van der Waals surface area contributed by atoms with E-state index in [0.717, 1.165) is 10.0 Å². The highest BCUT2D eigenvalue weighted by Crippen LogP contribution is 2.19. The molecule has 2 nitrogen and oxygen atoms in total. The number of aliphatic imine (C=N–C) groups is 1. The molecule has 1 unspecified atom stereocenters. The Morgan fingerprint density at radius 1 is 1.33 bits per heavy atom. The molecule has 0 fully saturated rings. The third-order valence-electron chi connectivity index (χ3n) is 1.84. The van der Waals surface area contributed by atoms with Gasteiger partial charge in [0.25, 0.3) is 0 Å². The minimum atomic E-state index is 0.0579. The summed E-state index contributed by atoms with van der Waals surface area (Å²) in [4.78, 5) is 4.30. The minimum Gasteiger partial charge on any atom is -0.366 e. The second-order valence-corrected chi connectivity index (χ2v) is 3.70. The lowest BCUT2D eigenvalue weighted by Gasteiger charge is -2.15. The Labute approximate surface area is 99.2 Å². The maximum atomic E-state index is 4.30. The van der Waals surface area contributed by atoms with E-state index in [4.69, 9.17) is 0 Å². The summed E-state index contributed by atoms with van der Waals surface area (Å²) in [5.41, 5.74) is 1.16. The molecule has 0 aromatic heterocycles. The normalized spacial score (nSPS) is 17.7. The Balaban J connectivity index is 0.000000531. The average Bonchev–Trinajstić information content (AvgIpc) is 2.33. The molecule has 1 aromatic carbocycles. The number of halogens is 1. The number of allylic oxidation sites excluding steroid dienone is 1. The van der Waals surface area contributed by atoms with E-state index in [-0.39, 0.29) is 6.17 Å². The summed E-state index contributed by atoms with van der Waals surface area (Å²) in [7, 11) is 0. The van der Waals surface area contributed by atoms with E-state index in [1.165, 1.54) is 0 Å². The molecule has 0 bridgehead atoms. The number of benzene rings is 1. The van der Waals surface area contributed by atoms with Gasteiger partial charge in [-0.15, -0.1) is 0 Å². The Hall–Kier alpha value is -1.09. The molecule has 0 saturated carbocycles. The van der Waals surface area contributed by atoms with Crippen LogP contribution in [0.25, 0.3) is 0 Å². The fourth-order valence-corrected chi connectivity index (χ4v) is 1.64. The molecule has 1 N–H and O–H groups in total. The molecule has 0 saturated heterocycles. The molecular formula is C12H15BrN2. The molecule has 1 heterocycles. The van der Waals surface area contributed by atoms with Crippen LogP contribution in [0, 0.1) is 0 Å². The SMILES string of the molecule is Brc1cccc(C2N=CC=CN2)c1.CC. The Morgan fingerprint density at radius 3 is 2.73 bits per heavy atom. The van der Waals surface area contributed by atoms with E-state index in [0.29, 0.717) is 0 Å². The van der Waals surface area contributed by atoms with E-state index in [9.17, 15) is 0 Å². The molecule has 1 atom stereocenters. The summed E-state index contributed by atoms with van der Waals surface area (Å²) in [6, 6.07) is 8.13. The van der Waals surface area contributed by atoms with Crippen LogP contribution < -0.4 is 5.32 Å². The van der Waals surface area contributed by atoms with E-state index in [2.05, 4.69) is 38.4 Å². The van der Waals surface area contributed by atoms with Crippen molar-refractivity contribution in [2.75, 3.05) is 0 Å². The van der Waals surface area contributed by atoms with Gasteiger partial charge in [-0.2, -0.15) is 0 Å². The summed E-state index contributed by atoms with van der Waals surface area (Å²) < 4.78 is 1.08. The molecule has 2 rings (SSSR count). The van der Waals surface area contributed by atoms with Crippen LogP contribution in [0.5, 0.6) is 0 Å². The van der Waals surface area contributed by atoms with E-state index >= 15 is 0 Å². The highest BCUT2D eigenvalue weighted by Gasteiger charge is 2.07. The molecule has 0 aliphatic carbocycles. The first kappa shape index (κ1) is 12.0. The lowest BCUT2D eigenvalue weighted by atomic mass is 10.2. The fraction of sp³-hybridized carbons (Fsp3) is 0.250. The van der Waals surface area contributed by atoms with Crippen LogP contribution in [-0.2, 0) is 0 Å². The second-order valence-electron chi connectivity index (χ2n) is 2.78. The smallest absolute Gasteiger partial charge is 0.144 e. The fourth-order valence-electron chi connectivity index (χ4n) is 1.23. The average molecular weight is 267 g/mol. The largest absolute Gasteiger partial charge is 0.366 e. The van der Waals surface area contributed by atoms with Crippen molar-refractivity contribution in [3.05, 3.63) is 46.6 Å². The van der Waals surface area contributed by atoms with Gasteiger partial charge in [0.1, 0.15) is 6.17 Å². The number of hydrogen-bond acceptors (Lipinski definition) is 2. The van der Waals surface area contributed by atoms with Crippen LogP contribution in [-0.4, -0.2) is 6.21 Å². The summed E-state index contributed by atoms with van der Waals surface area (Å²) in [5, 5.41) is 3.16. The van der Waals surface area contributed by atoms with Crippen molar-refractivity contribution < 1.29 is 0 Å². The monoisotopic (exact) mass is 266 g/mol. The molecule has 0 amide bonds. The second kappa shape index (κ2) is 6.40. The van der Waals surface area contributed by atoms with E-state index in [1.807, 2.05) is 44.5 Å². The van der Waals surface area contributed by atoms with Gasteiger partial charge in [-0.05, 0) is 30.0 Å². The number of nitrogens with zero attached hydrogens (tertiary/aromatic N) is 1. The van der Waals surface area contributed by atoms with Crippen molar-refractivity contribution in [1.82, 2.24) is 5.32 Å². The Bertz CT molecular complexity index is 358. The first-order chi connectivity index (χ1) is 7.36. The molecule has 3 heteroatoms. The van der Waals surface area contributed by atoms with Crippen LogP contribution >= 0.6 is 15.9 Å². The third-order valence-corrected chi connectivity index (χ3v) is 2.33. The van der Waals surface area contributed by atoms with Crippen molar-refractivity contribution in [3.63, 3.8) is 0 Å². The zero-order valence-corrected chi connectivity index (χ0v) is 10.5. The van der Waals surface area contributed by atoms with Gasteiger partial charge in [0, 0.05) is 10.7 Å². The molecule has 1 aromatic rings. The van der Waals surface area contributed by atoms with Gasteiger partial charge in [-0.25, -0.2) is 0 Å². The maximum absolute atomic E-state index is 4.30. The first-order valence-corrected chi connectivity index (χ1v) is 5.85. The zero-order valence-electron chi connectivity index (χ0n) is 8.94. The summed E-state index contributed by atoms with van der Waals surface area (Å²) >= 11 is 3.43. The molecule has 15 heavy (non-hydrogen) atoms. The Kier molecular flexibility index (Phi) is 5.12. The highest BCUT2D eigenvalue weighted by molar-refractivity contribution is 9.10. The molecule has 1 aliphatic heterocycles. The van der Waals surface area contributed by atoms with Gasteiger partial charge < -0.3 is 5.32 Å². The maximum Gasteiger partial charge on any atom is 0.144 e. The molecule has 1 aliphatic rings. The van der Waals surface area contributed by atoms with Gasteiger partial charge in [0.2, 0.25) is 0 Å². The predicted molar refractivity (Wildman–Crippen MR) is 69.0 cm³/mol. The topological polar surface area (TPSA) is 24.4 Å². The van der Waals surface area contributed by atoms with Crippen molar-refractivity contribution in [3.8, 4) is 0 Å². The zero-order chi connectivity index (χ0) is 11.1. The standard InChI is InChI=1S/C10H9BrN2.C2H6/c11-9-4-1-3-8(7-9)10-12-5-2-6-13-10;1-2/h1-7,10,12H;1-2H3. The minimum absolute atomic E-state index is 0.0579. The van der Waals surface area contributed by atoms with Gasteiger partial charge in [0.05, 0.1) is 0 Å². The number of rotatable bonds is 1. The summed E-state index contributed by atoms with van der Waals surface area (Å²) in [5.74, 6) is 0. The Morgan fingerprint density at radius 2 is 2.13 bits per heavy atom. The van der Waals surface area contributed by atoms with Crippen LogP contribution in [0.2, 0.25) is 0 Å². The van der Waals surface area contributed by atoms with Crippen molar-refractivity contribution >= 4 is 22.1 Å². The lowest BCUT2D eigenvalue weighted by Crippen LogP contribution is -2.15. The third kappa shape index (κ3) is 3.51. The highest BCUT2D eigenvalue weighted by atomic mass is 79.9. The molecular weight excluding hydrogens is 252 g/mol. The van der Waals surface area contributed by atoms with Gasteiger partial charge in [-0.1, -0.05) is 41.9 Å². The predicted octanol–water partition coefficient (Wildman–Crippen LogP) is 3.66. The molecule has 0 radical (unpaired) electrons. The first-order valence-electron chi connectivity index (χ1n) is 5.06. The van der Waals surface area contributed by atoms with Crippen molar-refractivity contribution in [2.24, 2.45) is 4.99 Å². The van der Waals surface area contributed by atoms with Gasteiger partial charge in [-0.3, -0.25) is 4.99 Å². The van der Waals surface area contributed by atoms with Gasteiger partial charge >= 0.3 is 0 Å². The van der Waals surface area contributed by atoms with Crippen LogP contribution in [0.15, 0.2) is 46.0 Å². The molecule has 80 valence electrons. The molecule has 0 spiro atoms. The lowest BCUT2D eigenvalue weighted by molar-refractivity contribution is 0.653. The van der Waals surface area contributed by atoms with Crippen LogP contribution in [0.1, 0.15) is 25.6 Å². The number of hydrogen-bond donors (Lipinski definition) is 1. The van der Waals surface area contributed by atoms with Crippen molar-refractivity contribution in [2.45, 2.75) is 20.0 Å². The van der Waals surface area contributed by atoms with Crippen LogP contribution in [0.3, 0.4) is 0 Å². The van der Waals surface area contributed by atoms with Crippen molar-refractivity contribution in [1.29, 1.82) is 0 Å². The number of nitrogens with one attached hydrogen (secondary N) is 1. The quantitative estimate of drug-likeness (QED) is 0.825. The van der Waals surface area contributed by atoms with Gasteiger partial charge in [0.15, 0.2) is 0 Å². The van der Waals surface area contributed by atoms with Crippen LogP contribution in [0.4, 0.5) is 0 Å². The summed E-state index contributed by atoms with van der Waals surface area (Å²) in [6.07, 6.45) is 5.65. The van der Waals surface area contributed by atoms with E-state index < -0.39 is 0 Å². The van der Waals surface area contributed by atoms with E-state index in [1.54, 1.807) is 0 Å². The summed E-state index contributed by atoms with van der Waals surface area (Å²) in [6.45, 7) is 4.00.